The summed E-state index contributed by atoms with van der Waals surface area (Å²) in [5.41, 5.74) is 1.85. The Kier molecular flexibility index (Phi) is 4.72. The number of hydrogen-bond acceptors (Lipinski definition) is 6. The molecule has 26 heavy (non-hydrogen) atoms. The third kappa shape index (κ3) is 3.49. The first-order chi connectivity index (χ1) is 12.6. The Morgan fingerprint density at radius 2 is 2.00 bits per heavy atom. The first-order valence-electron chi connectivity index (χ1n) is 8.24. The molecule has 0 spiro atoms. The summed E-state index contributed by atoms with van der Waals surface area (Å²) in [7, 11) is 2.03. The molecule has 0 amide bonds. The standard InChI is InChI=1S/C19H17ClN4OS/c1-12(18-22-23-19(25-18)13-6-5-7-14(20)10-13)24(2)11-17-21-15-8-3-4-9-16(15)26-17/h3-10,12H,11H2,1-2H3/t12-/m1/s1. The molecule has 0 N–H and O–H groups in total. The normalized spacial score (nSPS) is 12.8. The molecule has 0 radical (unpaired) electrons. The highest BCUT2D eigenvalue weighted by molar-refractivity contribution is 7.18. The largest absolute Gasteiger partial charge is 0.419 e. The number of thiazole rings is 1. The summed E-state index contributed by atoms with van der Waals surface area (Å²) in [5, 5.41) is 10.1. The lowest BCUT2D eigenvalue weighted by atomic mass is 10.2. The van der Waals surface area contributed by atoms with Gasteiger partial charge < -0.3 is 4.42 Å². The Labute approximate surface area is 160 Å². The molecule has 2 aromatic heterocycles. The van der Waals surface area contributed by atoms with Gasteiger partial charge in [-0.3, -0.25) is 4.90 Å². The Bertz CT molecular complexity index is 1010. The van der Waals surface area contributed by atoms with E-state index in [4.69, 9.17) is 16.0 Å². The van der Waals surface area contributed by atoms with Gasteiger partial charge in [0, 0.05) is 10.6 Å². The fourth-order valence-corrected chi connectivity index (χ4v) is 3.89. The van der Waals surface area contributed by atoms with E-state index >= 15 is 0 Å². The van der Waals surface area contributed by atoms with Gasteiger partial charge in [-0.25, -0.2) is 4.98 Å². The molecule has 0 unspecified atom stereocenters. The molecule has 0 aliphatic heterocycles. The molecule has 132 valence electrons. The number of fused-ring (bicyclic) bond motifs is 1. The second-order valence-corrected chi connectivity index (χ2v) is 7.67. The summed E-state index contributed by atoms with van der Waals surface area (Å²) < 4.78 is 7.06. The van der Waals surface area contributed by atoms with Crippen molar-refractivity contribution in [2.75, 3.05) is 7.05 Å². The van der Waals surface area contributed by atoms with Gasteiger partial charge in [0.15, 0.2) is 0 Å². The number of halogens is 1. The maximum Gasteiger partial charge on any atom is 0.247 e. The average Bonchev–Trinajstić information content (AvgIpc) is 3.27. The van der Waals surface area contributed by atoms with Crippen molar-refractivity contribution >= 4 is 33.2 Å². The number of benzene rings is 2. The molecule has 5 nitrogen and oxygen atoms in total. The van der Waals surface area contributed by atoms with Crippen LogP contribution < -0.4 is 0 Å². The second-order valence-electron chi connectivity index (χ2n) is 6.12. The van der Waals surface area contributed by atoms with Crippen LogP contribution in [0.3, 0.4) is 0 Å². The van der Waals surface area contributed by atoms with E-state index < -0.39 is 0 Å². The lowest BCUT2D eigenvalue weighted by molar-refractivity contribution is 0.218. The Morgan fingerprint density at radius 3 is 2.81 bits per heavy atom. The summed E-state index contributed by atoms with van der Waals surface area (Å²) in [6.45, 7) is 2.76. The van der Waals surface area contributed by atoms with Crippen molar-refractivity contribution in [3.63, 3.8) is 0 Å². The summed E-state index contributed by atoms with van der Waals surface area (Å²) in [6.07, 6.45) is 0. The van der Waals surface area contributed by atoms with Crippen LogP contribution in [0, 0.1) is 0 Å². The predicted molar refractivity (Wildman–Crippen MR) is 104 cm³/mol. The highest BCUT2D eigenvalue weighted by atomic mass is 35.5. The number of rotatable bonds is 5. The van der Waals surface area contributed by atoms with Crippen molar-refractivity contribution in [2.45, 2.75) is 19.5 Å². The third-order valence-corrected chi connectivity index (χ3v) is 5.51. The van der Waals surface area contributed by atoms with Crippen molar-refractivity contribution in [1.29, 1.82) is 0 Å². The van der Waals surface area contributed by atoms with Gasteiger partial charge in [0.25, 0.3) is 0 Å². The van der Waals surface area contributed by atoms with E-state index in [1.165, 1.54) is 4.70 Å². The van der Waals surface area contributed by atoms with Gasteiger partial charge in [0.1, 0.15) is 5.01 Å². The van der Waals surface area contributed by atoms with Gasteiger partial charge >= 0.3 is 0 Å². The molecule has 0 fully saturated rings. The molecule has 7 heteroatoms. The van der Waals surface area contributed by atoms with Crippen molar-refractivity contribution in [3.05, 3.63) is 64.5 Å². The number of para-hydroxylation sites is 1. The van der Waals surface area contributed by atoms with Crippen LogP contribution in [-0.4, -0.2) is 27.1 Å². The van der Waals surface area contributed by atoms with Crippen LogP contribution in [0.4, 0.5) is 0 Å². The Morgan fingerprint density at radius 1 is 1.15 bits per heavy atom. The molecular formula is C19H17ClN4OS. The fraction of sp³-hybridized carbons (Fsp3) is 0.211. The molecule has 0 bridgehead atoms. The van der Waals surface area contributed by atoms with Gasteiger partial charge in [0.05, 0.1) is 22.8 Å². The van der Waals surface area contributed by atoms with Crippen LogP contribution in [0.1, 0.15) is 23.9 Å². The lowest BCUT2D eigenvalue weighted by Gasteiger charge is -2.20. The van der Waals surface area contributed by atoms with Crippen molar-refractivity contribution in [3.8, 4) is 11.5 Å². The summed E-state index contributed by atoms with van der Waals surface area (Å²) in [4.78, 5) is 6.83. The molecule has 2 heterocycles. The lowest BCUT2D eigenvalue weighted by Crippen LogP contribution is -2.22. The van der Waals surface area contributed by atoms with Crippen molar-refractivity contribution < 1.29 is 4.42 Å². The van der Waals surface area contributed by atoms with Crippen LogP contribution in [0.25, 0.3) is 21.7 Å². The molecule has 1 atom stereocenters. The van der Waals surface area contributed by atoms with Gasteiger partial charge in [-0.15, -0.1) is 21.5 Å². The van der Waals surface area contributed by atoms with Gasteiger partial charge in [-0.1, -0.05) is 29.8 Å². The zero-order chi connectivity index (χ0) is 18.1. The molecule has 0 saturated heterocycles. The van der Waals surface area contributed by atoms with E-state index in [1.54, 1.807) is 11.3 Å². The average molecular weight is 385 g/mol. The van der Waals surface area contributed by atoms with E-state index in [0.29, 0.717) is 16.8 Å². The Balaban J connectivity index is 1.50. The number of nitrogens with zero attached hydrogens (tertiary/aromatic N) is 4. The Hall–Kier alpha value is -2.28. The first-order valence-corrected chi connectivity index (χ1v) is 9.43. The van der Waals surface area contributed by atoms with Gasteiger partial charge in [-0.2, -0.15) is 0 Å². The van der Waals surface area contributed by atoms with Crippen LogP contribution in [0.2, 0.25) is 5.02 Å². The smallest absolute Gasteiger partial charge is 0.247 e. The number of aromatic nitrogens is 3. The van der Waals surface area contributed by atoms with Crippen molar-refractivity contribution in [2.24, 2.45) is 0 Å². The molecule has 4 aromatic rings. The first kappa shape index (κ1) is 17.1. The monoisotopic (exact) mass is 384 g/mol. The quantitative estimate of drug-likeness (QED) is 0.473. The van der Waals surface area contributed by atoms with E-state index in [1.807, 2.05) is 56.4 Å². The van der Waals surface area contributed by atoms with E-state index in [0.717, 1.165) is 22.6 Å². The summed E-state index contributed by atoms with van der Waals surface area (Å²) in [5.74, 6) is 1.05. The van der Waals surface area contributed by atoms with Gasteiger partial charge in [-0.05, 0) is 44.3 Å². The molecular weight excluding hydrogens is 368 g/mol. The molecule has 0 aliphatic rings. The fourth-order valence-electron chi connectivity index (χ4n) is 2.67. The highest BCUT2D eigenvalue weighted by Gasteiger charge is 2.20. The minimum atomic E-state index is -0.0255. The SMILES string of the molecule is C[C@H](c1nnc(-c2cccc(Cl)c2)o1)N(C)Cc1nc2ccccc2s1. The minimum Gasteiger partial charge on any atom is -0.419 e. The van der Waals surface area contributed by atoms with Crippen molar-refractivity contribution in [1.82, 2.24) is 20.1 Å². The summed E-state index contributed by atoms with van der Waals surface area (Å²) in [6, 6.07) is 15.5. The second kappa shape index (κ2) is 7.15. The minimum absolute atomic E-state index is 0.0255. The topological polar surface area (TPSA) is 55.1 Å². The molecule has 4 rings (SSSR count). The van der Waals surface area contributed by atoms with Crippen LogP contribution in [0.15, 0.2) is 52.9 Å². The molecule has 2 aromatic carbocycles. The maximum atomic E-state index is 6.03. The van der Waals surface area contributed by atoms with Crippen LogP contribution in [0.5, 0.6) is 0 Å². The third-order valence-electron chi connectivity index (χ3n) is 4.25. The van der Waals surface area contributed by atoms with Crippen LogP contribution >= 0.6 is 22.9 Å². The number of hydrogen-bond donors (Lipinski definition) is 0. The van der Waals surface area contributed by atoms with Crippen LogP contribution in [-0.2, 0) is 6.54 Å². The zero-order valence-corrected chi connectivity index (χ0v) is 16.0. The zero-order valence-electron chi connectivity index (χ0n) is 14.4. The molecule has 0 aliphatic carbocycles. The highest BCUT2D eigenvalue weighted by Crippen LogP contribution is 2.27. The van der Waals surface area contributed by atoms with E-state index in [9.17, 15) is 0 Å². The predicted octanol–water partition coefficient (Wildman–Crippen LogP) is 5.19. The maximum absolute atomic E-state index is 6.03. The molecule has 0 saturated carbocycles. The van der Waals surface area contributed by atoms with E-state index in [2.05, 4.69) is 26.1 Å². The van der Waals surface area contributed by atoms with E-state index in [-0.39, 0.29) is 6.04 Å². The van der Waals surface area contributed by atoms with Gasteiger partial charge in [0.2, 0.25) is 11.8 Å². The summed E-state index contributed by atoms with van der Waals surface area (Å²) >= 11 is 7.74.